The van der Waals surface area contributed by atoms with Crippen molar-refractivity contribution in [3.05, 3.63) is 28.2 Å². The van der Waals surface area contributed by atoms with E-state index in [1.165, 1.54) is 6.92 Å². The quantitative estimate of drug-likeness (QED) is 0.821. The zero-order chi connectivity index (χ0) is 13.5. The highest BCUT2D eigenvalue weighted by molar-refractivity contribution is 9.10. The zero-order valence-electron chi connectivity index (χ0n) is 10.5. The molecule has 0 aliphatic carbocycles. The van der Waals surface area contributed by atoms with Crippen molar-refractivity contribution in [3.63, 3.8) is 0 Å². The Hall–Kier alpha value is -1.36. The molecular weight excluding hydrogens is 298 g/mol. The van der Waals surface area contributed by atoms with E-state index in [-0.39, 0.29) is 18.3 Å². The molecular formula is C13H16BrNO3. The first-order chi connectivity index (χ1) is 8.54. The first kappa shape index (κ1) is 14.7. The maximum absolute atomic E-state index is 11.4. The van der Waals surface area contributed by atoms with Gasteiger partial charge in [-0.3, -0.25) is 9.59 Å². The number of hydrogen-bond donors (Lipinski definition) is 1. The maximum Gasteiger partial charge on any atom is 0.257 e. The third-order valence-corrected chi connectivity index (χ3v) is 2.75. The Morgan fingerprint density at radius 1 is 1.39 bits per heavy atom. The van der Waals surface area contributed by atoms with E-state index in [1.807, 2.05) is 6.92 Å². The van der Waals surface area contributed by atoms with Crippen LogP contribution in [0.15, 0.2) is 22.7 Å². The molecule has 1 aromatic rings. The summed E-state index contributed by atoms with van der Waals surface area (Å²) in [5.41, 5.74) is 0.474. The Morgan fingerprint density at radius 2 is 2.11 bits per heavy atom. The maximum atomic E-state index is 11.4. The standard InChI is InChI=1S/C13H16BrNO3/c1-3-6-15-13(17)8-18-12-7-10(14)4-5-11(12)9(2)16/h4-5,7H,3,6,8H2,1-2H3,(H,15,17). The summed E-state index contributed by atoms with van der Waals surface area (Å²) in [6.45, 7) is 3.98. The van der Waals surface area contributed by atoms with E-state index in [9.17, 15) is 9.59 Å². The topological polar surface area (TPSA) is 55.4 Å². The molecule has 0 aliphatic heterocycles. The van der Waals surface area contributed by atoms with Crippen LogP contribution in [0.3, 0.4) is 0 Å². The smallest absolute Gasteiger partial charge is 0.257 e. The van der Waals surface area contributed by atoms with Crippen molar-refractivity contribution < 1.29 is 14.3 Å². The van der Waals surface area contributed by atoms with Gasteiger partial charge in [0, 0.05) is 11.0 Å². The zero-order valence-corrected chi connectivity index (χ0v) is 12.0. The molecule has 0 spiro atoms. The molecule has 4 nitrogen and oxygen atoms in total. The summed E-state index contributed by atoms with van der Waals surface area (Å²) >= 11 is 3.30. The van der Waals surface area contributed by atoms with Gasteiger partial charge in [-0.15, -0.1) is 0 Å². The molecule has 5 heteroatoms. The number of ketones is 1. The molecule has 18 heavy (non-hydrogen) atoms. The van der Waals surface area contributed by atoms with Gasteiger partial charge in [0.05, 0.1) is 5.56 Å². The largest absolute Gasteiger partial charge is 0.483 e. The number of rotatable bonds is 6. The summed E-state index contributed by atoms with van der Waals surface area (Å²) in [4.78, 5) is 22.8. The molecule has 1 aromatic carbocycles. The average molecular weight is 314 g/mol. The SMILES string of the molecule is CCCNC(=O)COc1cc(Br)ccc1C(C)=O. The van der Waals surface area contributed by atoms with Gasteiger partial charge in [0.1, 0.15) is 5.75 Å². The van der Waals surface area contributed by atoms with E-state index >= 15 is 0 Å². The molecule has 0 radical (unpaired) electrons. The summed E-state index contributed by atoms with van der Waals surface area (Å²) in [7, 11) is 0. The van der Waals surface area contributed by atoms with Crippen LogP contribution in [0, 0.1) is 0 Å². The van der Waals surface area contributed by atoms with Crippen molar-refractivity contribution in [3.8, 4) is 5.75 Å². The van der Waals surface area contributed by atoms with Gasteiger partial charge in [-0.25, -0.2) is 0 Å². The molecule has 1 amide bonds. The Bertz CT molecular complexity index is 446. The first-order valence-corrected chi connectivity index (χ1v) is 6.54. The highest BCUT2D eigenvalue weighted by Crippen LogP contribution is 2.24. The van der Waals surface area contributed by atoms with E-state index < -0.39 is 0 Å². The lowest BCUT2D eigenvalue weighted by atomic mass is 10.1. The fraction of sp³-hybridized carbons (Fsp3) is 0.385. The van der Waals surface area contributed by atoms with Gasteiger partial charge in [0.2, 0.25) is 0 Å². The second-order valence-corrected chi connectivity index (χ2v) is 4.75. The summed E-state index contributed by atoms with van der Waals surface area (Å²) in [6, 6.07) is 5.12. The number of benzene rings is 1. The second-order valence-electron chi connectivity index (χ2n) is 3.84. The Kier molecular flexibility index (Phi) is 5.85. The van der Waals surface area contributed by atoms with Crippen LogP contribution in [-0.2, 0) is 4.79 Å². The average Bonchev–Trinajstić information content (AvgIpc) is 2.33. The Morgan fingerprint density at radius 3 is 2.72 bits per heavy atom. The van der Waals surface area contributed by atoms with Crippen molar-refractivity contribution in [2.45, 2.75) is 20.3 Å². The molecule has 0 bridgehead atoms. The monoisotopic (exact) mass is 313 g/mol. The number of ether oxygens (including phenoxy) is 1. The number of carbonyl (C=O) groups is 2. The van der Waals surface area contributed by atoms with Gasteiger partial charge in [0.25, 0.3) is 5.91 Å². The predicted octanol–water partition coefficient (Wildman–Crippen LogP) is 2.56. The molecule has 1 rings (SSSR count). The van der Waals surface area contributed by atoms with Crippen molar-refractivity contribution in [1.82, 2.24) is 5.32 Å². The molecule has 1 N–H and O–H groups in total. The van der Waals surface area contributed by atoms with Crippen molar-refractivity contribution in [2.75, 3.05) is 13.2 Å². The molecule has 0 unspecified atom stereocenters. The van der Waals surface area contributed by atoms with E-state index in [4.69, 9.17) is 4.74 Å². The predicted molar refractivity (Wildman–Crippen MR) is 72.9 cm³/mol. The van der Waals surface area contributed by atoms with E-state index in [0.29, 0.717) is 17.9 Å². The molecule has 0 fully saturated rings. The van der Waals surface area contributed by atoms with Crippen LogP contribution in [0.1, 0.15) is 30.6 Å². The molecule has 0 atom stereocenters. The lowest BCUT2D eigenvalue weighted by Crippen LogP contribution is -2.29. The highest BCUT2D eigenvalue weighted by Gasteiger charge is 2.10. The van der Waals surface area contributed by atoms with Crippen LogP contribution in [0.25, 0.3) is 0 Å². The molecule has 0 saturated heterocycles. The van der Waals surface area contributed by atoms with Gasteiger partial charge >= 0.3 is 0 Å². The molecule has 0 aromatic heterocycles. The third-order valence-electron chi connectivity index (χ3n) is 2.25. The van der Waals surface area contributed by atoms with E-state index in [0.717, 1.165) is 10.9 Å². The summed E-state index contributed by atoms with van der Waals surface area (Å²) in [6.07, 6.45) is 0.876. The highest BCUT2D eigenvalue weighted by atomic mass is 79.9. The number of nitrogens with one attached hydrogen (secondary N) is 1. The van der Waals surface area contributed by atoms with Crippen molar-refractivity contribution >= 4 is 27.6 Å². The van der Waals surface area contributed by atoms with E-state index in [2.05, 4.69) is 21.2 Å². The normalized spacial score (nSPS) is 9.94. The summed E-state index contributed by atoms with van der Waals surface area (Å²) < 4.78 is 6.18. The Labute approximate surface area is 115 Å². The number of carbonyl (C=O) groups excluding carboxylic acids is 2. The summed E-state index contributed by atoms with van der Waals surface area (Å²) in [5.74, 6) is 0.140. The summed E-state index contributed by atoms with van der Waals surface area (Å²) in [5, 5.41) is 2.71. The number of halogens is 1. The molecule has 0 aliphatic rings. The van der Waals surface area contributed by atoms with Gasteiger partial charge in [0.15, 0.2) is 12.4 Å². The minimum atomic E-state index is -0.189. The van der Waals surface area contributed by atoms with Crippen LogP contribution in [0.4, 0.5) is 0 Å². The fourth-order valence-corrected chi connectivity index (χ4v) is 1.71. The van der Waals surface area contributed by atoms with Gasteiger partial charge in [-0.05, 0) is 31.5 Å². The molecule has 0 heterocycles. The van der Waals surface area contributed by atoms with Crippen LogP contribution in [-0.4, -0.2) is 24.8 Å². The number of Topliss-reactive ketones (excluding diaryl/α,β-unsaturated/α-hetero) is 1. The number of hydrogen-bond acceptors (Lipinski definition) is 3. The van der Waals surface area contributed by atoms with Crippen LogP contribution < -0.4 is 10.1 Å². The van der Waals surface area contributed by atoms with Crippen LogP contribution in [0.2, 0.25) is 0 Å². The van der Waals surface area contributed by atoms with Gasteiger partial charge < -0.3 is 10.1 Å². The lowest BCUT2D eigenvalue weighted by molar-refractivity contribution is -0.123. The minimum Gasteiger partial charge on any atom is -0.483 e. The van der Waals surface area contributed by atoms with Gasteiger partial charge in [-0.1, -0.05) is 22.9 Å². The Balaban J connectivity index is 2.68. The fourth-order valence-electron chi connectivity index (χ4n) is 1.37. The minimum absolute atomic E-state index is 0.0866. The lowest BCUT2D eigenvalue weighted by Gasteiger charge is -2.10. The van der Waals surface area contributed by atoms with Gasteiger partial charge in [-0.2, -0.15) is 0 Å². The van der Waals surface area contributed by atoms with Crippen molar-refractivity contribution in [1.29, 1.82) is 0 Å². The second kappa shape index (κ2) is 7.16. The third kappa shape index (κ3) is 4.49. The first-order valence-electron chi connectivity index (χ1n) is 5.74. The van der Waals surface area contributed by atoms with Crippen LogP contribution in [0.5, 0.6) is 5.75 Å². The van der Waals surface area contributed by atoms with Crippen molar-refractivity contribution in [2.24, 2.45) is 0 Å². The van der Waals surface area contributed by atoms with E-state index in [1.54, 1.807) is 18.2 Å². The molecule has 0 saturated carbocycles. The number of amides is 1. The van der Waals surface area contributed by atoms with Crippen LogP contribution >= 0.6 is 15.9 Å². The molecule has 98 valence electrons.